The van der Waals surface area contributed by atoms with Gasteiger partial charge in [-0.05, 0) is 18.9 Å². The molecule has 98 valence electrons. The fraction of sp³-hybridized carbons (Fsp3) is 0.714. The molecule has 2 atom stereocenters. The molecular weight excluding hydrogens is 226 g/mol. The van der Waals surface area contributed by atoms with Gasteiger partial charge in [-0.2, -0.15) is 0 Å². The van der Waals surface area contributed by atoms with E-state index in [-0.39, 0.29) is 5.41 Å². The van der Waals surface area contributed by atoms with Gasteiger partial charge in [-0.3, -0.25) is 0 Å². The normalized spacial score (nSPS) is 27.6. The largest absolute Gasteiger partial charge is 0.377 e. The number of fused-ring (bicyclic) bond motifs is 2. The third-order valence-corrected chi connectivity index (χ3v) is 3.88. The van der Waals surface area contributed by atoms with Crippen LogP contribution in [0.4, 0.5) is 5.95 Å². The molecule has 0 aromatic carbocycles. The number of aromatic nitrogens is 2. The van der Waals surface area contributed by atoms with E-state index < -0.39 is 0 Å². The number of rotatable bonds is 1. The van der Waals surface area contributed by atoms with Crippen LogP contribution in [-0.4, -0.2) is 35.3 Å². The summed E-state index contributed by atoms with van der Waals surface area (Å²) in [5.74, 6) is 0.887. The number of hydrogen-bond donors (Lipinski definition) is 0. The molecule has 3 heterocycles. The van der Waals surface area contributed by atoms with E-state index in [2.05, 4.69) is 30.7 Å². The minimum absolute atomic E-state index is 0.0724. The first-order valence-corrected chi connectivity index (χ1v) is 6.75. The monoisotopic (exact) mass is 247 g/mol. The molecule has 0 amide bonds. The van der Waals surface area contributed by atoms with Crippen molar-refractivity contribution in [3.05, 3.63) is 18.0 Å². The Morgan fingerprint density at radius 2 is 1.89 bits per heavy atom. The fourth-order valence-electron chi connectivity index (χ4n) is 2.85. The van der Waals surface area contributed by atoms with Crippen LogP contribution in [-0.2, 0) is 10.2 Å². The zero-order chi connectivity index (χ0) is 12.8. The molecule has 2 aliphatic heterocycles. The SMILES string of the molecule is CC(C)(C)c1ccnc(N2C3CCC2COC3)n1. The second kappa shape index (κ2) is 4.19. The van der Waals surface area contributed by atoms with Crippen molar-refractivity contribution < 1.29 is 4.74 Å². The molecule has 1 aromatic rings. The standard InChI is InChI=1S/C14H21N3O/c1-14(2,3)12-6-7-15-13(16-12)17-10-4-5-11(17)9-18-8-10/h6-7,10-11H,4-5,8-9H2,1-3H3. The van der Waals surface area contributed by atoms with E-state index in [0.29, 0.717) is 12.1 Å². The van der Waals surface area contributed by atoms with Crippen molar-refractivity contribution in [2.75, 3.05) is 18.1 Å². The Hall–Kier alpha value is -1.16. The first-order valence-electron chi connectivity index (χ1n) is 6.75. The molecule has 2 unspecified atom stereocenters. The predicted molar refractivity (Wildman–Crippen MR) is 70.8 cm³/mol. The van der Waals surface area contributed by atoms with Crippen molar-refractivity contribution in [2.45, 2.75) is 51.1 Å². The topological polar surface area (TPSA) is 38.2 Å². The van der Waals surface area contributed by atoms with Gasteiger partial charge < -0.3 is 9.64 Å². The van der Waals surface area contributed by atoms with Gasteiger partial charge in [-0.1, -0.05) is 20.8 Å². The Morgan fingerprint density at radius 3 is 2.50 bits per heavy atom. The third kappa shape index (κ3) is 1.99. The van der Waals surface area contributed by atoms with Crippen LogP contribution in [0.5, 0.6) is 0 Å². The first-order chi connectivity index (χ1) is 8.55. The van der Waals surface area contributed by atoms with Crippen LogP contribution >= 0.6 is 0 Å². The smallest absolute Gasteiger partial charge is 0.226 e. The highest BCUT2D eigenvalue weighted by atomic mass is 16.5. The van der Waals surface area contributed by atoms with Gasteiger partial charge in [0.05, 0.1) is 31.0 Å². The van der Waals surface area contributed by atoms with E-state index in [9.17, 15) is 0 Å². The molecule has 2 fully saturated rings. The van der Waals surface area contributed by atoms with Gasteiger partial charge in [0.2, 0.25) is 5.95 Å². The van der Waals surface area contributed by atoms with Crippen LogP contribution < -0.4 is 4.90 Å². The maximum absolute atomic E-state index is 5.61. The van der Waals surface area contributed by atoms with Crippen LogP contribution in [0.15, 0.2) is 12.3 Å². The van der Waals surface area contributed by atoms with E-state index in [1.165, 1.54) is 12.8 Å². The zero-order valence-corrected chi connectivity index (χ0v) is 11.4. The Kier molecular flexibility index (Phi) is 2.77. The Morgan fingerprint density at radius 1 is 1.22 bits per heavy atom. The molecule has 0 saturated carbocycles. The van der Waals surface area contributed by atoms with Gasteiger partial charge in [-0.25, -0.2) is 9.97 Å². The Bertz CT molecular complexity index is 425. The fourth-order valence-corrected chi connectivity index (χ4v) is 2.85. The Labute approximate surface area is 108 Å². The number of nitrogens with zero attached hydrogens (tertiary/aromatic N) is 3. The molecular formula is C14H21N3O. The lowest BCUT2D eigenvalue weighted by Gasteiger charge is -2.35. The molecule has 0 aliphatic carbocycles. The second-order valence-electron chi connectivity index (χ2n) is 6.32. The van der Waals surface area contributed by atoms with Crippen molar-refractivity contribution in [2.24, 2.45) is 0 Å². The lowest BCUT2D eigenvalue weighted by atomic mass is 9.92. The van der Waals surface area contributed by atoms with Gasteiger partial charge in [-0.15, -0.1) is 0 Å². The number of anilines is 1. The molecule has 18 heavy (non-hydrogen) atoms. The van der Waals surface area contributed by atoms with Gasteiger partial charge in [0.1, 0.15) is 0 Å². The highest BCUT2D eigenvalue weighted by Gasteiger charge is 2.39. The van der Waals surface area contributed by atoms with Crippen molar-refractivity contribution in [3.8, 4) is 0 Å². The van der Waals surface area contributed by atoms with Crippen molar-refractivity contribution in [3.63, 3.8) is 0 Å². The van der Waals surface area contributed by atoms with Gasteiger partial charge >= 0.3 is 0 Å². The molecule has 4 nitrogen and oxygen atoms in total. The van der Waals surface area contributed by atoms with Crippen LogP contribution in [0.3, 0.4) is 0 Å². The zero-order valence-electron chi connectivity index (χ0n) is 11.4. The molecule has 3 rings (SSSR count). The van der Waals surface area contributed by atoms with Crippen LogP contribution in [0.1, 0.15) is 39.3 Å². The van der Waals surface area contributed by atoms with E-state index in [0.717, 1.165) is 24.9 Å². The lowest BCUT2D eigenvalue weighted by Crippen LogP contribution is -2.47. The van der Waals surface area contributed by atoms with Crippen molar-refractivity contribution in [1.82, 2.24) is 9.97 Å². The number of ether oxygens (including phenoxy) is 1. The molecule has 2 bridgehead atoms. The molecule has 0 N–H and O–H groups in total. The summed E-state index contributed by atoms with van der Waals surface area (Å²) in [5.41, 5.74) is 1.18. The molecule has 4 heteroatoms. The van der Waals surface area contributed by atoms with Crippen molar-refractivity contribution in [1.29, 1.82) is 0 Å². The highest BCUT2D eigenvalue weighted by molar-refractivity contribution is 5.38. The molecule has 2 aliphatic rings. The summed E-state index contributed by atoms with van der Waals surface area (Å²) in [6.07, 6.45) is 4.29. The number of hydrogen-bond acceptors (Lipinski definition) is 4. The minimum Gasteiger partial charge on any atom is -0.377 e. The predicted octanol–water partition coefficient (Wildman–Crippen LogP) is 2.14. The Balaban J connectivity index is 1.93. The third-order valence-electron chi connectivity index (χ3n) is 3.88. The summed E-state index contributed by atoms with van der Waals surface area (Å²) in [5, 5.41) is 0. The maximum atomic E-state index is 5.61. The number of morpholine rings is 1. The van der Waals surface area contributed by atoms with Crippen LogP contribution in [0, 0.1) is 0 Å². The highest BCUT2D eigenvalue weighted by Crippen LogP contribution is 2.32. The van der Waals surface area contributed by atoms with E-state index in [1.807, 2.05) is 12.3 Å². The summed E-state index contributed by atoms with van der Waals surface area (Å²) in [4.78, 5) is 11.6. The van der Waals surface area contributed by atoms with E-state index in [1.54, 1.807) is 0 Å². The summed E-state index contributed by atoms with van der Waals surface area (Å²) in [7, 11) is 0. The quantitative estimate of drug-likeness (QED) is 0.762. The second-order valence-corrected chi connectivity index (χ2v) is 6.32. The summed E-state index contributed by atoms with van der Waals surface area (Å²) >= 11 is 0. The maximum Gasteiger partial charge on any atom is 0.226 e. The summed E-state index contributed by atoms with van der Waals surface area (Å²) in [6.45, 7) is 8.20. The minimum atomic E-state index is 0.0724. The van der Waals surface area contributed by atoms with Gasteiger partial charge in [0.15, 0.2) is 0 Å². The lowest BCUT2D eigenvalue weighted by molar-refractivity contribution is 0.0897. The average Bonchev–Trinajstić information content (AvgIpc) is 2.58. The molecule has 2 saturated heterocycles. The van der Waals surface area contributed by atoms with E-state index >= 15 is 0 Å². The average molecular weight is 247 g/mol. The summed E-state index contributed by atoms with van der Waals surface area (Å²) < 4.78 is 5.61. The molecule has 0 radical (unpaired) electrons. The van der Waals surface area contributed by atoms with Crippen molar-refractivity contribution >= 4 is 5.95 Å². The van der Waals surface area contributed by atoms with E-state index in [4.69, 9.17) is 9.72 Å². The van der Waals surface area contributed by atoms with Gasteiger partial charge in [0, 0.05) is 11.6 Å². The van der Waals surface area contributed by atoms with Gasteiger partial charge in [0.25, 0.3) is 0 Å². The molecule has 0 spiro atoms. The first kappa shape index (κ1) is 11.9. The summed E-state index contributed by atoms with van der Waals surface area (Å²) in [6, 6.07) is 2.96. The molecule has 1 aromatic heterocycles. The van der Waals surface area contributed by atoms with Crippen LogP contribution in [0.25, 0.3) is 0 Å². The van der Waals surface area contributed by atoms with Crippen LogP contribution in [0.2, 0.25) is 0 Å².